The van der Waals surface area contributed by atoms with Gasteiger partial charge in [-0.25, -0.2) is 0 Å². The smallest absolute Gasteiger partial charge is 0.322 e. The lowest BCUT2D eigenvalue weighted by atomic mass is 10.1. The zero-order chi connectivity index (χ0) is 16.5. The normalized spacial score (nSPS) is 21.7. The van der Waals surface area contributed by atoms with E-state index in [9.17, 15) is 4.79 Å². The Bertz CT molecular complexity index is 469. The van der Waals surface area contributed by atoms with Crippen molar-refractivity contribution in [1.29, 1.82) is 0 Å². The number of hydrogen-bond acceptors (Lipinski definition) is 6. The molecule has 0 saturated carbocycles. The van der Waals surface area contributed by atoms with Crippen LogP contribution in [0.5, 0.6) is 0 Å². The molecule has 0 amide bonds. The number of carbonyl (C=O) groups is 1. The van der Waals surface area contributed by atoms with E-state index in [0.717, 1.165) is 17.2 Å². The highest BCUT2D eigenvalue weighted by Crippen LogP contribution is 2.28. The molecule has 0 aromatic carbocycles. The van der Waals surface area contributed by atoms with Gasteiger partial charge < -0.3 is 4.74 Å². The van der Waals surface area contributed by atoms with E-state index < -0.39 is 0 Å². The SMILES string of the molecule is CCOC(=O)[C@H]1SC(SC)=NN[C@@H]1/C=C(/C)CCC=C(C)C. The molecule has 0 aromatic heterocycles. The fraction of sp³-hybridized carbons (Fsp3) is 0.625. The number of rotatable bonds is 6. The second-order valence-corrected chi connectivity index (χ2v) is 7.54. The van der Waals surface area contributed by atoms with Crippen LogP contribution < -0.4 is 5.43 Å². The maximum Gasteiger partial charge on any atom is 0.322 e. The zero-order valence-electron chi connectivity index (χ0n) is 14.0. The van der Waals surface area contributed by atoms with Crippen LogP contribution in [0, 0.1) is 0 Å². The summed E-state index contributed by atoms with van der Waals surface area (Å²) < 4.78 is 6.06. The Morgan fingerprint density at radius 1 is 1.45 bits per heavy atom. The highest BCUT2D eigenvalue weighted by atomic mass is 32.2. The minimum atomic E-state index is -0.279. The fourth-order valence-electron chi connectivity index (χ4n) is 2.02. The van der Waals surface area contributed by atoms with Crippen LogP contribution in [-0.2, 0) is 9.53 Å². The summed E-state index contributed by atoms with van der Waals surface area (Å²) >= 11 is 3.02. The third-order valence-corrected chi connectivity index (χ3v) is 5.37. The van der Waals surface area contributed by atoms with Crippen LogP contribution in [0.4, 0.5) is 0 Å². The third-order valence-electron chi connectivity index (χ3n) is 3.11. The highest BCUT2D eigenvalue weighted by Gasteiger charge is 2.33. The summed E-state index contributed by atoms with van der Waals surface area (Å²) in [5.41, 5.74) is 5.68. The van der Waals surface area contributed by atoms with E-state index in [1.54, 1.807) is 0 Å². The average Bonchev–Trinajstić information content (AvgIpc) is 2.47. The van der Waals surface area contributed by atoms with Crippen LogP contribution in [0.25, 0.3) is 0 Å². The van der Waals surface area contributed by atoms with Gasteiger partial charge in [0.1, 0.15) is 5.25 Å². The van der Waals surface area contributed by atoms with Gasteiger partial charge in [0.2, 0.25) is 0 Å². The molecule has 0 bridgehead atoms. The molecule has 6 heteroatoms. The molecule has 0 spiro atoms. The monoisotopic (exact) mass is 342 g/mol. The maximum absolute atomic E-state index is 12.2. The van der Waals surface area contributed by atoms with Crippen molar-refractivity contribution in [3.05, 3.63) is 23.3 Å². The van der Waals surface area contributed by atoms with Crippen molar-refractivity contribution in [2.75, 3.05) is 12.9 Å². The molecule has 0 radical (unpaired) electrons. The van der Waals surface area contributed by atoms with Gasteiger partial charge in [0.05, 0.1) is 12.6 Å². The Kier molecular flexibility index (Phi) is 8.71. The summed E-state index contributed by atoms with van der Waals surface area (Å²) in [6.07, 6.45) is 8.30. The molecule has 124 valence electrons. The molecule has 0 aliphatic carbocycles. The first kappa shape index (κ1) is 19.2. The summed E-state index contributed by atoms with van der Waals surface area (Å²) in [6, 6.07) is -0.119. The molecule has 0 fully saturated rings. The van der Waals surface area contributed by atoms with Crippen molar-refractivity contribution in [3.8, 4) is 0 Å². The van der Waals surface area contributed by atoms with Crippen LogP contribution in [0.15, 0.2) is 28.4 Å². The van der Waals surface area contributed by atoms with E-state index >= 15 is 0 Å². The first-order valence-electron chi connectivity index (χ1n) is 7.49. The van der Waals surface area contributed by atoms with E-state index in [-0.39, 0.29) is 17.3 Å². The van der Waals surface area contributed by atoms with Crippen molar-refractivity contribution in [3.63, 3.8) is 0 Å². The fourth-order valence-corrected chi connectivity index (χ4v) is 3.63. The number of esters is 1. The van der Waals surface area contributed by atoms with Gasteiger partial charge in [-0.1, -0.05) is 35.1 Å². The van der Waals surface area contributed by atoms with Gasteiger partial charge >= 0.3 is 5.97 Å². The molecular weight excluding hydrogens is 316 g/mol. The van der Waals surface area contributed by atoms with Gasteiger partial charge in [-0.05, 0) is 46.8 Å². The summed E-state index contributed by atoms with van der Waals surface area (Å²) in [6.45, 7) is 8.54. The van der Waals surface area contributed by atoms with Crippen molar-refractivity contribution in [1.82, 2.24) is 5.43 Å². The van der Waals surface area contributed by atoms with Crippen LogP contribution in [-0.4, -0.2) is 34.5 Å². The van der Waals surface area contributed by atoms with Crippen molar-refractivity contribution < 1.29 is 9.53 Å². The predicted octanol–water partition coefficient (Wildman–Crippen LogP) is 3.95. The minimum absolute atomic E-state index is 0.119. The van der Waals surface area contributed by atoms with Crippen LogP contribution in [0.3, 0.4) is 0 Å². The first-order chi connectivity index (χ1) is 10.5. The van der Waals surface area contributed by atoms with Crippen molar-refractivity contribution >= 4 is 33.9 Å². The van der Waals surface area contributed by atoms with E-state index in [1.165, 1.54) is 34.7 Å². The molecule has 1 aliphatic heterocycles. The van der Waals surface area contributed by atoms with Crippen molar-refractivity contribution in [2.45, 2.75) is 51.8 Å². The lowest BCUT2D eigenvalue weighted by molar-refractivity contribution is -0.142. The average molecular weight is 343 g/mol. The molecule has 0 aromatic rings. The molecule has 2 atom stereocenters. The molecule has 1 N–H and O–H groups in total. The third kappa shape index (κ3) is 6.48. The molecule has 0 unspecified atom stereocenters. The molecule has 1 heterocycles. The minimum Gasteiger partial charge on any atom is -0.465 e. The first-order valence-corrected chi connectivity index (χ1v) is 9.59. The van der Waals surface area contributed by atoms with Crippen LogP contribution >= 0.6 is 23.5 Å². The number of carbonyl (C=O) groups excluding carboxylic acids is 1. The number of hydrazone groups is 1. The Morgan fingerprint density at radius 3 is 2.77 bits per heavy atom. The van der Waals surface area contributed by atoms with Gasteiger partial charge in [-0.3, -0.25) is 10.2 Å². The van der Waals surface area contributed by atoms with Crippen LogP contribution in [0.1, 0.15) is 40.5 Å². The lowest BCUT2D eigenvalue weighted by Crippen LogP contribution is -2.43. The van der Waals surface area contributed by atoms with Crippen LogP contribution in [0.2, 0.25) is 0 Å². The van der Waals surface area contributed by atoms with Gasteiger partial charge in [-0.2, -0.15) is 5.10 Å². The Balaban J connectivity index is 2.77. The van der Waals surface area contributed by atoms with Crippen molar-refractivity contribution in [2.24, 2.45) is 5.10 Å². The number of thioether (sulfide) groups is 2. The summed E-state index contributed by atoms with van der Waals surface area (Å²) in [5.74, 6) is -0.181. The number of ether oxygens (including phenoxy) is 1. The summed E-state index contributed by atoms with van der Waals surface area (Å²) in [5, 5.41) is 4.03. The number of allylic oxidation sites excluding steroid dienone is 3. The molecule has 1 aliphatic rings. The Hall–Kier alpha value is -0.880. The predicted molar refractivity (Wildman–Crippen MR) is 98.3 cm³/mol. The second kappa shape index (κ2) is 10.0. The number of nitrogens with zero attached hydrogens (tertiary/aromatic N) is 1. The molecule has 0 saturated heterocycles. The van der Waals surface area contributed by atoms with Gasteiger partial charge in [0, 0.05) is 0 Å². The molecule has 22 heavy (non-hydrogen) atoms. The summed E-state index contributed by atoms with van der Waals surface area (Å²) in [7, 11) is 0. The second-order valence-electron chi connectivity index (χ2n) is 5.36. The molecule has 4 nitrogen and oxygen atoms in total. The highest BCUT2D eigenvalue weighted by molar-refractivity contribution is 8.39. The number of hydrogen-bond donors (Lipinski definition) is 1. The van der Waals surface area contributed by atoms with Gasteiger partial charge in [0.15, 0.2) is 4.38 Å². The van der Waals surface area contributed by atoms with Gasteiger partial charge in [-0.15, -0.1) is 11.8 Å². The largest absolute Gasteiger partial charge is 0.465 e. The van der Waals surface area contributed by atoms with E-state index in [0.29, 0.717) is 6.61 Å². The van der Waals surface area contributed by atoms with E-state index in [2.05, 4.69) is 43.5 Å². The molecular formula is C16H26N2O2S2. The van der Waals surface area contributed by atoms with Gasteiger partial charge in [0.25, 0.3) is 0 Å². The Labute approximate surface area is 142 Å². The Morgan fingerprint density at radius 2 is 2.18 bits per heavy atom. The lowest BCUT2D eigenvalue weighted by Gasteiger charge is -2.27. The summed E-state index contributed by atoms with van der Waals surface area (Å²) in [4.78, 5) is 12.2. The zero-order valence-corrected chi connectivity index (χ0v) is 15.6. The quantitative estimate of drug-likeness (QED) is 0.585. The number of nitrogens with one attached hydrogen (secondary N) is 1. The topological polar surface area (TPSA) is 50.7 Å². The van der Waals surface area contributed by atoms with E-state index in [4.69, 9.17) is 4.74 Å². The van der Waals surface area contributed by atoms with E-state index in [1.807, 2.05) is 13.2 Å². The standard InChI is InChI=1S/C16H26N2O2S2/c1-6-20-15(19)14-13(17-18-16(21-5)22-14)10-12(4)9-7-8-11(2)3/h8,10,13-14,17H,6-7,9H2,1-5H3/b12-10-/t13-,14+/m1/s1. The maximum atomic E-state index is 12.2. The molecule has 1 rings (SSSR count).